The van der Waals surface area contributed by atoms with Gasteiger partial charge in [0, 0.05) is 17.8 Å². The molecule has 3 rings (SSSR count). The van der Waals surface area contributed by atoms with Gasteiger partial charge in [0.15, 0.2) is 0 Å². The lowest BCUT2D eigenvalue weighted by molar-refractivity contribution is -0.111. The third kappa shape index (κ3) is 3.19. The van der Waals surface area contributed by atoms with Crippen molar-refractivity contribution in [2.24, 2.45) is 0 Å². The molecular weight excluding hydrogens is 360 g/mol. The van der Waals surface area contributed by atoms with E-state index in [0.29, 0.717) is 30.9 Å². The molecule has 1 aromatic carbocycles. The molecule has 0 fully saturated rings. The first-order chi connectivity index (χ1) is 11.1. The highest BCUT2D eigenvalue weighted by atomic mass is 79.9. The number of fused-ring (bicyclic) bond motifs is 1. The number of hydrogen-bond acceptors (Lipinski definition) is 3. The molecule has 6 nitrogen and oxygen atoms in total. The number of nitrogens with one attached hydrogen (secondary N) is 1. The zero-order valence-corrected chi connectivity index (χ0v) is 13.9. The molecule has 0 aliphatic carbocycles. The van der Waals surface area contributed by atoms with Crippen molar-refractivity contribution in [3.05, 3.63) is 58.8 Å². The molecule has 1 aliphatic rings. The van der Waals surface area contributed by atoms with Gasteiger partial charge in [-0.25, -0.2) is 0 Å². The normalized spacial score (nSPS) is 13.3. The quantitative estimate of drug-likeness (QED) is 0.838. The van der Waals surface area contributed by atoms with Gasteiger partial charge >= 0.3 is 0 Å². The highest BCUT2D eigenvalue weighted by molar-refractivity contribution is 9.10. The summed E-state index contributed by atoms with van der Waals surface area (Å²) in [5, 5.41) is 6.92. The van der Waals surface area contributed by atoms with Crippen LogP contribution in [0.2, 0.25) is 0 Å². The third-order valence-corrected chi connectivity index (χ3v) is 4.33. The van der Waals surface area contributed by atoms with E-state index in [1.807, 2.05) is 4.68 Å². The molecule has 0 unspecified atom stereocenters. The number of carbonyl (C=O) groups is 2. The number of amides is 2. The number of anilines is 1. The minimum Gasteiger partial charge on any atom is -0.331 e. The van der Waals surface area contributed by atoms with Gasteiger partial charge in [-0.15, -0.1) is 0 Å². The van der Waals surface area contributed by atoms with Crippen LogP contribution in [0.4, 0.5) is 5.69 Å². The monoisotopic (exact) mass is 374 g/mol. The zero-order valence-electron chi connectivity index (χ0n) is 12.3. The predicted molar refractivity (Wildman–Crippen MR) is 89.9 cm³/mol. The number of nitrogens with zero attached hydrogens (tertiary/aromatic N) is 3. The topological polar surface area (TPSA) is 67.2 Å². The van der Waals surface area contributed by atoms with Crippen molar-refractivity contribution in [2.75, 3.05) is 11.9 Å². The van der Waals surface area contributed by atoms with Gasteiger partial charge in [0.1, 0.15) is 0 Å². The summed E-state index contributed by atoms with van der Waals surface area (Å²) >= 11 is 3.45. The van der Waals surface area contributed by atoms with Crippen molar-refractivity contribution in [3.8, 4) is 0 Å². The summed E-state index contributed by atoms with van der Waals surface area (Å²) in [6.45, 7) is 5.18. The third-order valence-electron chi connectivity index (χ3n) is 3.67. The summed E-state index contributed by atoms with van der Waals surface area (Å²) < 4.78 is 2.80. The van der Waals surface area contributed by atoms with E-state index in [0.717, 1.165) is 10.2 Å². The SMILES string of the molecule is C=CC(=O)Nc1cccc(C(=O)N2CCn3ncc(Br)c3C2)c1. The van der Waals surface area contributed by atoms with Crippen LogP contribution in [-0.2, 0) is 17.9 Å². The minimum absolute atomic E-state index is 0.0703. The van der Waals surface area contributed by atoms with Crippen molar-refractivity contribution < 1.29 is 9.59 Å². The van der Waals surface area contributed by atoms with Crippen LogP contribution < -0.4 is 5.32 Å². The highest BCUT2D eigenvalue weighted by Gasteiger charge is 2.24. The average molecular weight is 375 g/mol. The molecule has 1 aliphatic heterocycles. The van der Waals surface area contributed by atoms with Crippen molar-refractivity contribution in [1.29, 1.82) is 0 Å². The van der Waals surface area contributed by atoms with E-state index in [2.05, 4.69) is 32.9 Å². The summed E-state index contributed by atoms with van der Waals surface area (Å²) in [4.78, 5) is 25.8. The molecule has 0 radical (unpaired) electrons. The average Bonchev–Trinajstić information content (AvgIpc) is 2.95. The Bertz CT molecular complexity index is 784. The molecule has 0 saturated carbocycles. The Morgan fingerprint density at radius 3 is 2.96 bits per heavy atom. The molecule has 0 atom stereocenters. The molecule has 2 aromatic rings. The van der Waals surface area contributed by atoms with E-state index in [1.54, 1.807) is 35.4 Å². The molecule has 23 heavy (non-hydrogen) atoms. The van der Waals surface area contributed by atoms with Crippen molar-refractivity contribution in [2.45, 2.75) is 13.1 Å². The van der Waals surface area contributed by atoms with Gasteiger partial charge in [0.25, 0.3) is 5.91 Å². The first-order valence-electron chi connectivity index (χ1n) is 7.11. The number of hydrogen-bond donors (Lipinski definition) is 1. The molecular formula is C16H15BrN4O2. The lowest BCUT2D eigenvalue weighted by Gasteiger charge is -2.28. The Kier molecular flexibility index (Phi) is 4.29. The maximum absolute atomic E-state index is 12.7. The van der Waals surface area contributed by atoms with Gasteiger partial charge in [0.05, 0.1) is 29.5 Å². The van der Waals surface area contributed by atoms with Gasteiger partial charge in [-0.2, -0.15) is 5.10 Å². The lowest BCUT2D eigenvalue weighted by Crippen LogP contribution is -2.38. The molecule has 7 heteroatoms. The summed E-state index contributed by atoms with van der Waals surface area (Å²) in [6.07, 6.45) is 2.94. The second kappa shape index (κ2) is 6.37. The van der Waals surface area contributed by atoms with Crippen molar-refractivity contribution >= 4 is 33.4 Å². The lowest BCUT2D eigenvalue weighted by atomic mass is 10.1. The Morgan fingerprint density at radius 1 is 1.35 bits per heavy atom. The largest absolute Gasteiger partial charge is 0.331 e. The summed E-state index contributed by atoms with van der Waals surface area (Å²) in [5.41, 5.74) is 2.10. The number of aromatic nitrogens is 2. The summed E-state index contributed by atoms with van der Waals surface area (Å²) in [5.74, 6) is -0.376. The van der Waals surface area contributed by atoms with Gasteiger partial charge in [0.2, 0.25) is 5.91 Å². The van der Waals surface area contributed by atoms with Crippen LogP contribution in [0.1, 0.15) is 16.1 Å². The smallest absolute Gasteiger partial charge is 0.254 e. The second-order valence-electron chi connectivity index (χ2n) is 5.16. The Labute approximate surface area is 141 Å². The van der Waals surface area contributed by atoms with Crippen molar-refractivity contribution in [1.82, 2.24) is 14.7 Å². The second-order valence-corrected chi connectivity index (χ2v) is 6.02. The molecule has 2 heterocycles. The maximum Gasteiger partial charge on any atom is 0.254 e. The van der Waals surface area contributed by atoms with Crippen LogP contribution in [-0.4, -0.2) is 33.0 Å². The van der Waals surface area contributed by atoms with Gasteiger partial charge in [-0.1, -0.05) is 12.6 Å². The van der Waals surface area contributed by atoms with E-state index in [-0.39, 0.29) is 11.8 Å². The van der Waals surface area contributed by atoms with E-state index >= 15 is 0 Å². The van der Waals surface area contributed by atoms with E-state index < -0.39 is 0 Å². The van der Waals surface area contributed by atoms with Crippen LogP contribution >= 0.6 is 15.9 Å². The minimum atomic E-state index is -0.305. The molecule has 0 saturated heterocycles. The first-order valence-corrected chi connectivity index (χ1v) is 7.90. The number of carbonyl (C=O) groups excluding carboxylic acids is 2. The molecule has 0 spiro atoms. The standard InChI is InChI=1S/C16H15BrN4O2/c1-2-15(22)19-12-5-3-4-11(8-12)16(23)20-6-7-21-14(10-20)13(17)9-18-21/h2-5,8-9H,1,6-7,10H2,(H,19,22). The Morgan fingerprint density at radius 2 is 2.17 bits per heavy atom. The molecule has 2 amide bonds. The Hall–Kier alpha value is -2.41. The number of benzene rings is 1. The number of halogens is 1. The Balaban J connectivity index is 1.78. The first kappa shape index (κ1) is 15.5. The summed E-state index contributed by atoms with van der Waals surface area (Å²) in [7, 11) is 0. The van der Waals surface area contributed by atoms with E-state index in [1.165, 1.54) is 6.08 Å². The molecule has 0 bridgehead atoms. The zero-order chi connectivity index (χ0) is 16.4. The maximum atomic E-state index is 12.7. The van der Waals surface area contributed by atoms with Crippen LogP contribution in [0.15, 0.2) is 47.6 Å². The van der Waals surface area contributed by atoms with E-state index in [9.17, 15) is 9.59 Å². The highest BCUT2D eigenvalue weighted by Crippen LogP contribution is 2.23. The molecule has 1 N–H and O–H groups in total. The van der Waals surface area contributed by atoms with Gasteiger partial charge < -0.3 is 10.2 Å². The van der Waals surface area contributed by atoms with Gasteiger partial charge in [-0.3, -0.25) is 14.3 Å². The fourth-order valence-electron chi connectivity index (χ4n) is 2.49. The molecule has 118 valence electrons. The van der Waals surface area contributed by atoms with Gasteiger partial charge in [-0.05, 0) is 40.2 Å². The predicted octanol–water partition coefficient (Wildman–Crippen LogP) is 2.43. The van der Waals surface area contributed by atoms with Crippen molar-refractivity contribution in [3.63, 3.8) is 0 Å². The molecule has 1 aromatic heterocycles. The van der Waals surface area contributed by atoms with Crippen LogP contribution in [0.5, 0.6) is 0 Å². The fourth-order valence-corrected chi connectivity index (χ4v) is 2.91. The van der Waals surface area contributed by atoms with Crippen LogP contribution in [0, 0.1) is 0 Å². The number of rotatable bonds is 3. The van der Waals surface area contributed by atoms with Crippen LogP contribution in [0.25, 0.3) is 0 Å². The van der Waals surface area contributed by atoms with E-state index in [4.69, 9.17) is 0 Å². The van der Waals surface area contributed by atoms with Crippen LogP contribution in [0.3, 0.4) is 0 Å². The fraction of sp³-hybridized carbons (Fsp3) is 0.188. The summed E-state index contributed by atoms with van der Waals surface area (Å²) in [6, 6.07) is 6.90.